The topological polar surface area (TPSA) is 36.8 Å². The molecular formula is C7H7Cl2N3. The van der Waals surface area contributed by atoms with Crippen molar-refractivity contribution in [1.82, 2.24) is 5.32 Å². The van der Waals surface area contributed by atoms with Crippen LogP contribution in [0.25, 0.3) is 0 Å². The highest BCUT2D eigenvalue weighted by Gasteiger charge is 2.11. The van der Waals surface area contributed by atoms with E-state index in [2.05, 4.69) is 22.0 Å². The van der Waals surface area contributed by atoms with E-state index in [-0.39, 0.29) is 6.00 Å². The van der Waals surface area contributed by atoms with E-state index in [0.29, 0.717) is 16.6 Å². The van der Waals surface area contributed by atoms with Crippen molar-refractivity contribution in [1.29, 1.82) is 0 Å². The van der Waals surface area contributed by atoms with Crippen LogP contribution in [0.15, 0.2) is 33.0 Å². The SMILES string of the molecule is C=N/C(Cl)=C1/C=CN/C1=N/CCl. The maximum absolute atomic E-state index is 5.74. The third kappa shape index (κ3) is 1.87. The van der Waals surface area contributed by atoms with Gasteiger partial charge in [-0.25, -0.2) is 0 Å². The van der Waals surface area contributed by atoms with Gasteiger partial charge in [-0.2, -0.15) is 0 Å². The first-order chi connectivity index (χ1) is 5.79. The van der Waals surface area contributed by atoms with Crippen LogP contribution < -0.4 is 5.32 Å². The first-order valence-electron chi connectivity index (χ1n) is 3.20. The van der Waals surface area contributed by atoms with E-state index in [1.807, 2.05) is 0 Å². The van der Waals surface area contributed by atoms with Crippen molar-refractivity contribution in [3.63, 3.8) is 0 Å². The maximum Gasteiger partial charge on any atom is 0.139 e. The summed E-state index contributed by atoms with van der Waals surface area (Å²) in [4.78, 5) is 7.54. The molecule has 0 aromatic rings. The normalized spacial score (nSPS) is 22.7. The quantitative estimate of drug-likeness (QED) is 0.416. The molecule has 0 aromatic carbocycles. The van der Waals surface area contributed by atoms with Crippen LogP contribution in [0.3, 0.4) is 0 Å². The molecule has 3 nitrogen and oxygen atoms in total. The molecule has 64 valence electrons. The third-order valence-corrected chi connectivity index (χ3v) is 1.75. The van der Waals surface area contributed by atoms with Crippen LogP contribution in [0.5, 0.6) is 0 Å². The lowest BCUT2D eigenvalue weighted by Gasteiger charge is -1.99. The largest absolute Gasteiger partial charge is 0.346 e. The summed E-state index contributed by atoms with van der Waals surface area (Å²) in [6.45, 7) is 3.31. The Balaban J connectivity index is 2.97. The summed E-state index contributed by atoms with van der Waals surface area (Å²) < 4.78 is 0. The molecule has 0 bridgehead atoms. The van der Waals surface area contributed by atoms with Crippen LogP contribution in [-0.2, 0) is 0 Å². The Labute approximate surface area is 80.5 Å². The lowest BCUT2D eigenvalue weighted by Crippen LogP contribution is -2.13. The Kier molecular flexibility index (Phi) is 3.31. The summed E-state index contributed by atoms with van der Waals surface area (Å²) in [5.41, 5.74) is 0.715. The molecule has 0 unspecified atom stereocenters. The van der Waals surface area contributed by atoms with Gasteiger partial charge in [-0.05, 0) is 12.8 Å². The van der Waals surface area contributed by atoms with Crippen LogP contribution >= 0.6 is 23.2 Å². The minimum atomic E-state index is 0.189. The number of nitrogens with zero attached hydrogens (tertiary/aromatic N) is 2. The number of halogens is 2. The van der Waals surface area contributed by atoms with Crippen molar-refractivity contribution < 1.29 is 0 Å². The molecule has 0 aliphatic carbocycles. The van der Waals surface area contributed by atoms with Gasteiger partial charge in [-0.1, -0.05) is 11.6 Å². The predicted molar refractivity (Wildman–Crippen MR) is 52.9 cm³/mol. The van der Waals surface area contributed by atoms with Gasteiger partial charge in [0.15, 0.2) is 0 Å². The molecule has 1 N–H and O–H groups in total. The van der Waals surface area contributed by atoms with E-state index in [9.17, 15) is 0 Å². The molecular weight excluding hydrogens is 197 g/mol. The Bertz CT molecular complexity index is 278. The van der Waals surface area contributed by atoms with E-state index in [1.165, 1.54) is 0 Å². The van der Waals surface area contributed by atoms with E-state index < -0.39 is 0 Å². The van der Waals surface area contributed by atoms with Crippen molar-refractivity contribution >= 4 is 35.8 Å². The standard InChI is InChI=1S/C7H7Cl2N3/c1-10-6(9)5-2-3-11-7(5)12-4-8/h2-3H,1,4H2,(H,11,12)/b6-5-. The molecule has 1 aliphatic heterocycles. The van der Waals surface area contributed by atoms with Gasteiger partial charge in [0, 0.05) is 6.20 Å². The highest BCUT2D eigenvalue weighted by Crippen LogP contribution is 2.16. The zero-order valence-electron chi connectivity index (χ0n) is 6.22. The number of nitrogens with one attached hydrogen (secondary N) is 1. The minimum absolute atomic E-state index is 0.189. The predicted octanol–water partition coefficient (Wildman–Crippen LogP) is 1.85. The molecule has 12 heavy (non-hydrogen) atoms. The molecule has 5 heteroatoms. The molecule has 0 radical (unpaired) electrons. The molecule has 1 aliphatic rings. The van der Waals surface area contributed by atoms with Crippen molar-refractivity contribution in [2.75, 3.05) is 6.00 Å². The number of rotatable bonds is 2. The number of aliphatic imine (C=N–C) groups is 2. The fraction of sp³-hybridized carbons (Fsp3) is 0.143. The molecule has 0 atom stereocenters. The fourth-order valence-electron chi connectivity index (χ4n) is 0.803. The van der Waals surface area contributed by atoms with Crippen LogP contribution in [0.1, 0.15) is 0 Å². The highest BCUT2D eigenvalue weighted by molar-refractivity contribution is 6.33. The van der Waals surface area contributed by atoms with Gasteiger partial charge in [-0.15, -0.1) is 11.6 Å². The zero-order chi connectivity index (χ0) is 8.97. The van der Waals surface area contributed by atoms with E-state index in [4.69, 9.17) is 23.2 Å². The summed E-state index contributed by atoms with van der Waals surface area (Å²) in [6.07, 6.45) is 3.48. The molecule has 0 aromatic heterocycles. The lowest BCUT2D eigenvalue weighted by atomic mass is 10.3. The molecule has 0 saturated carbocycles. The Hall–Kier alpha value is -0.800. The van der Waals surface area contributed by atoms with E-state index in [0.717, 1.165) is 0 Å². The second kappa shape index (κ2) is 4.28. The summed E-state index contributed by atoms with van der Waals surface area (Å²) in [5.74, 6) is 0.627. The maximum atomic E-state index is 5.74. The number of amidine groups is 1. The summed E-state index contributed by atoms with van der Waals surface area (Å²) in [6, 6.07) is 0.189. The minimum Gasteiger partial charge on any atom is -0.346 e. The van der Waals surface area contributed by atoms with Gasteiger partial charge in [0.05, 0.1) is 5.57 Å². The molecule has 0 fully saturated rings. The smallest absolute Gasteiger partial charge is 0.139 e. The van der Waals surface area contributed by atoms with E-state index >= 15 is 0 Å². The number of hydrogen-bond donors (Lipinski definition) is 1. The van der Waals surface area contributed by atoms with Crippen molar-refractivity contribution in [3.8, 4) is 0 Å². The van der Waals surface area contributed by atoms with Gasteiger partial charge in [0.1, 0.15) is 17.0 Å². The fourth-order valence-corrected chi connectivity index (χ4v) is 1.07. The van der Waals surface area contributed by atoms with Gasteiger partial charge < -0.3 is 5.32 Å². The van der Waals surface area contributed by atoms with Crippen LogP contribution in [-0.4, -0.2) is 18.6 Å². The summed E-state index contributed by atoms with van der Waals surface area (Å²) in [5, 5.41) is 3.20. The van der Waals surface area contributed by atoms with Crippen LogP contribution in [0.4, 0.5) is 0 Å². The molecule has 1 rings (SSSR count). The Morgan fingerprint density at radius 1 is 1.67 bits per heavy atom. The lowest BCUT2D eigenvalue weighted by molar-refractivity contribution is 1.24. The highest BCUT2D eigenvalue weighted by atomic mass is 35.5. The average Bonchev–Trinajstić information content (AvgIpc) is 2.52. The molecule has 0 amide bonds. The summed E-state index contributed by atoms with van der Waals surface area (Å²) in [7, 11) is 0. The second-order valence-electron chi connectivity index (χ2n) is 1.97. The van der Waals surface area contributed by atoms with Gasteiger partial charge >= 0.3 is 0 Å². The molecule has 1 heterocycles. The molecule has 0 saturated heterocycles. The average molecular weight is 204 g/mol. The second-order valence-corrected chi connectivity index (χ2v) is 2.56. The van der Waals surface area contributed by atoms with Gasteiger partial charge in [-0.3, -0.25) is 9.98 Å². The zero-order valence-corrected chi connectivity index (χ0v) is 7.73. The van der Waals surface area contributed by atoms with Gasteiger partial charge in [0.25, 0.3) is 0 Å². The van der Waals surface area contributed by atoms with Crippen molar-refractivity contribution in [2.45, 2.75) is 0 Å². The first-order valence-corrected chi connectivity index (χ1v) is 4.11. The van der Waals surface area contributed by atoms with E-state index in [1.54, 1.807) is 12.3 Å². The van der Waals surface area contributed by atoms with Crippen molar-refractivity contribution in [3.05, 3.63) is 23.0 Å². The van der Waals surface area contributed by atoms with Crippen LogP contribution in [0.2, 0.25) is 0 Å². The van der Waals surface area contributed by atoms with Crippen molar-refractivity contribution in [2.24, 2.45) is 9.98 Å². The van der Waals surface area contributed by atoms with Crippen LogP contribution in [0, 0.1) is 0 Å². The monoisotopic (exact) mass is 203 g/mol. The molecule has 0 spiro atoms. The summed E-state index contributed by atoms with van der Waals surface area (Å²) >= 11 is 11.2. The Morgan fingerprint density at radius 3 is 3.00 bits per heavy atom. The third-order valence-electron chi connectivity index (χ3n) is 1.30. The number of hydrogen-bond acceptors (Lipinski definition) is 2. The number of alkyl halides is 1. The van der Waals surface area contributed by atoms with Gasteiger partial charge in [0.2, 0.25) is 0 Å². The first kappa shape index (κ1) is 9.29. The Morgan fingerprint density at radius 2 is 2.42 bits per heavy atom.